The van der Waals surface area contributed by atoms with E-state index in [1.807, 2.05) is 7.11 Å². The van der Waals surface area contributed by atoms with Crippen LogP contribution in [0.25, 0.3) is 0 Å². The molecule has 1 aliphatic heterocycles. The van der Waals surface area contributed by atoms with E-state index in [0.717, 1.165) is 12.6 Å². The van der Waals surface area contributed by atoms with Crippen LogP contribution in [0.1, 0.15) is 26.2 Å². The van der Waals surface area contributed by atoms with Crippen LogP contribution in [0.3, 0.4) is 0 Å². The third kappa shape index (κ3) is 1.94. The zero-order valence-electron chi connectivity index (χ0n) is 8.62. The average molecular weight is 181 g/mol. The topological polar surface area (TPSA) is 12.5 Å². The smallest absolute Gasteiger partial charge is 0.0601 e. The Morgan fingerprint density at radius 1 is 1.46 bits per heavy atom. The van der Waals surface area contributed by atoms with Crippen molar-refractivity contribution in [1.82, 2.24) is 4.90 Å². The molecule has 0 aromatic rings. The van der Waals surface area contributed by atoms with Gasteiger partial charge < -0.3 is 4.74 Å². The molecule has 1 fully saturated rings. The molecule has 0 saturated heterocycles. The molecule has 0 unspecified atom stereocenters. The quantitative estimate of drug-likeness (QED) is 0.602. The number of ether oxygens (including phenoxy) is 1. The Bertz CT molecular complexity index is 206. The molecule has 0 amide bonds. The maximum Gasteiger partial charge on any atom is 0.0601 e. The van der Waals surface area contributed by atoms with Gasteiger partial charge in [0.05, 0.1) is 6.10 Å². The summed E-state index contributed by atoms with van der Waals surface area (Å²) in [6.45, 7) is 4.65. The van der Waals surface area contributed by atoms with Gasteiger partial charge in [-0.1, -0.05) is 11.6 Å². The summed E-state index contributed by atoms with van der Waals surface area (Å²) in [5.41, 5.74) is 1.55. The molecule has 1 aliphatic carbocycles. The van der Waals surface area contributed by atoms with Gasteiger partial charge in [-0.3, -0.25) is 4.90 Å². The third-order valence-corrected chi connectivity index (χ3v) is 3.39. The summed E-state index contributed by atoms with van der Waals surface area (Å²) >= 11 is 0. The molecule has 2 aliphatic rings. The Balaban J connectivity index is 1.78. The Morgan fingerprint density at radius 2 is 2.23 bits per heavy atom. The van der Waals surface area contributed by atoms with Crippen molar-refractivity contribution >= 4 is 0 Å². The normalized spacial score (nSPS) is 35.4. The molecule has 2 rings (SSSR count). The molecule has 13 heavy (non-hydrogen) atoms. The number of rotatable bonds is 2. The summed E-state index contributed by atoms with van der Waals surface area (Å²) < 4.78 is 5.29. The van der Waals surface area contributed by atoms with E-state index >= 15 is 0 Å². The molecule has 0 aromatic heterocycles. The van der Waals surface area contributed by atoms with Gasteiger partial charge in [0.15, 0.2) is 0 Å². The molecule has 0 N–H and O–H groups in total. The fourth-order valence-electron chi connectivity index (χ4n) is 2.15. The molecule has 0 bridgehead atoms. The van der Waals surface area contributed by atoms with Crippen LogP contribution in [-0.4, -0.2) is 37.2 Å². The maximum absolute atomic E-state index is 5.29. The molecule has 0 atom stereocenters. The lowest BCUT2D eigenvalue weighted by atomic mass is 9.87. The summed E-state index contributed by atoms with van der Waals surface area (Å²) in [7, 11) is 1.82. The molecule has 1 saturated carbocycles. The van der Waals surface area contributed by atoms with Gasteiger partial charge in [0.2, 0.25) is 0 Å². The highest BCUT2D eigenvalue weighted by Crippen LogP contribution is 2.29. The van der Waals surface area contributed by atoms with Gasteiger partial charge in [-0.25, -0.2) is 0 Å². The molecule has 0 aromatic carbocycles. The first kappa shape index (κ1) is 9.22. The monoisotopic (exact) mass is 181 g/mol. The lowest BCUT2D eigenvalue weighted by Crippen LogP contribution is -2.49. The number of hydrogen-bond donors (Lipinski definition) is 0. The summed E-state index contributed by atoms with van der Waals surface area (Å²) in [5.74, 6) is 0. The first-order chi connectivity index (χ1) is 6.29. The maximum atomic E-state index is 5.29. The van der Waals surface area contributed by atoms with E-state index in [4.69, 9.17) is 4.74 Å². The van der Waals surface area contributed by atoms with Gasteiger partial charge in [0.25, 0.3) is 0 Å². The standard InChI is InChI=1S/C11H19NO/c1-9-3-5-12(6-4-9)10-7-11(8-10)13-2/h3,10-11H,4-8H2,1-2H3. The average Bonchev–Trinajstić information content (AvgIpc) is 2.06. The van der Waals surface area contributed by atoms with E-state index in [1.54, 1.807) is 5.57 Å². The van der Waals surface area contributed by atoms with E-state index in [2.05, 4.69) is 17.9 Å². The summed E-state index contributed by atoms with van der Waals surface area (Å²) in [6, 6.07) is 0.800. The Kier molecular flexibility index (Phi) is 2.70. The minimum absolute atomic E-state index is 0.539. The highest BCUT2D eigenvalue weighted by Gasteiger charge is 2.33. The van der Waals surface area contributed by atoms with Crippen LogP contribution in [0.5, 0.6) is 0 Å². The molecular weight excluding hydrogens is 162 g/mol. The summed E-state index contributed by atoms with van der Waals surface area (Å²) in [4.78, 5) is 2.59. The molecule has 0 spiro atoms. The molecule has 2 heteroatoms. The minimum Gasteiger partial charge on any atom is -0.381 e. The third-order valence-electron chi connectivity index (χ3n) is 3.39. The fraction of sp³-hybridized carbons (Fsp3) is 0.818. The van der Waals surface area contributed by atoms with Crippen LogP contribution >= 0.6 is 0 Å². The van der Waals surface area contributed by atoms with Crippen molar-refractivity contribution in [2.75, 3.05) is 20.2 Å². The van der Waals surface area contributed by atoms with Crippen molar-refractivity contribution in [2.24, 2.45) is 0 Å². The molecule has 2 nitrogen and oxygen atoms in total. The van der Waals surface area contributed by atoms with E-state index in [9.17, 15) is 0 Å². The van der Waals surface area contributed by atoms with Gasteiger partial charge >= 0.3 is 0 Å². The Morgan fingerprint density at radius 3 is 2.77 bits per heavy atom. The van der Waals surface area contributed by atoms with Crippen molar-refractivity contribution < 1.29 is 4.74 Å². The fourth-order valence-corrected chi connectivity index (χ4v) is 2.15. The number of hydrogen-bond acceptors (Lipinski definition) is 2. The summed E-state index contributed by atoms with van der Waals surface area (Å²) in [6.07, 6.45) is 6.64. The van der Waals surface area contributed by atoms with Crippen LogP contribution in [0.15, 0.2) is 11.6 Å². The lowest BCUT2D eigenvalue weighted by molar-refractivity contribution is -0.0246. The first-order valence-corrected chi connectivity index (χ1v) is 5.22. The van der Waals surface area contributed by atoms with Gasteiger partial charge in [-0.2, -0.15) is 0 Å². The van der Waals surface area contributed by atoms with Crippen molar-refractivity contribution in [2.45, 2.75) is 38.3 Å². The first-order valence-electron chi connectivity index (χ1n) is 5.22. The number of methoxy groups -OCH3 is 1. The van der Waals surface area contributed by atoms with E-state index < -0.39 is 0 Å². The van der Waals surface area contributed by atoms with Gasteiger partial charge in [0, 0.05) is 26.2 Å². The van der Waals surface area contributed by atoms with Gasteiger partial charge in [-0.05, 0) is 26.2 Å². The van der Waals surface area contributed by atoms with Crippen LogP contribution in [0, 0.1) is 0 Å². The SMILES string of the molecule is COC1CC(N2CC=C(C)CC2)C1. The predicted molar refractivity (Wildman–Crippen MR) is 53.8 cm³/mol. The lowest BCUT2D eigenvalue weighted by Gasteiger charge is -2.43. The van der Waals surface area contributed by atoms with Crippen molar-refractivity contribution in [1.29, 1.82) is 0 Å². The molecule has 0 radical (unpaired) electrons. The highest BCUT2D eigenvalue weighted by atomic mass is 16.5. The van der Waals surface area contributed by atoms with Crippen LogP contribution in [-0.2, 0) is 4.74 Å². The Labute approximate surface area is 80.6 Å². The highest BCUT2D eigenvalue weighted by molar-refractivity contribution is 5.05. The molecule has 1 heterocycles. The van der Waals surface area contributed by atoms with E-state index in [-0.39, 0.29) is 0 Å². The van der Waals surface area contributed by atoms with E-state index in [1.165, 1.54) is 25.8 Å². The van der Waals surface area contributed by atoms with Gasteiger partial charge in [-0.15, -0.1) is 0 Å². The van der Waals surface area contributed by atoms with Crippen molar-refractivity contribution in [3.8, 4) is 0 Å². The zero-order chi connectivity index (χ0) is 9.26. The second kappa shape index (κ2) is 3.81. The molecular formula is C11H19NO. The van der Waals surface area contributed by atoms with Crippen LogP contribution < -0.4 is 0 Å². The van der Waals surface area contributed by atoms with Crippen LogP contribution in [0.4, 0.5) is 0 Å². The Hall–Kier alpha value is -0.340. The van der Waals surface area contributed by atoms with Crippen molar-refractivity contribution in [3.63, 3.8) is 0 Å². The second-order valence-electron chi connectivity index (χ2n) is 4.28. The predicted octanol–water partition coefficient (Wildman–Crippen LogP) is 1.82. The largest absolute Gasteiger partial charge is 0.381 e. The number of nitrogens with zero attached hydrogens (tertiary/aromatic N) is 1. The van der Waals surface area contributed by atoms with Gasteiger partial charge in [0.1, 0.15) is 0 Å². The second-order valence-corrected chi connectivity index (χ2v) is 4.28. The molecule has 74 valence electrons. The van der Waals surface area contributed by atoms with Crippen molar-refractivity contribution in [3.05, 3.63) is 11.6 Å². The zero-order valence-corrected chi connectivity index (χ0v) is 8.62. The van der Waals surface area contributed by atoms with Crippen LogP contribution in [0.2, 0.25) is 0 Å². The summed E-state index contributed by atoms with van der Waals surface area (Å²) in [5, 5.41) is 0. The van der Waals surface area contributed by atoms with E-state index in [0.29, 0.717) is 6.10 Å². The minimum atomic E-state index is 0.539.